The van der Waals surface area contributed by atoms with Crippen molar-refractivity contribution in [1.29, 1.82) is 0 Å². The van der Waals surface area contributed by atoms with Crippen molar-refractivity contribution >= 4 is 11.4 Å². The summed E-state index contributed by atoms with van der Waals surface area (Å²) in [4.78, 5) is 0. The van der Waals surface area contributed by atoms with Crippen molar-refractivity contribution in [1.82, 2.24) is 0 Å². The Balaban J connectivity index is -0.00000000450. The molecular weight excluding hydrogens is 126 g/mol. The Morgan fingerprint density at radius 3 is 1.50 bits per heavy atom. The summed E-state index contributed by atoms with van der Waals surface area (Å²) in [5.41, 5.74) is 0. The van der Waals surface area contributed by atoms with Gasteiger partial charge in [0.15, 0.2) is 0 Å². The van der Waals surface area contributed by atoms with Gasteiger partial charge in [0.05, 0.1) is 0 Å². The van der Waals surface area contributed by atoms with E-state index in [1.165, 1.54) is 0 Å². The van der Waals surface area contributed by atoms with Gasteiger partial charge in [-0.15, -0.1) is 0 Å². The second-order valence-electron chi connectivity index (χ2n) is 0.231. The van der Waals surface area contributed by atoms with Gasteiger partial charge in [0, 0.05) is 0 Å². The summed E-state index contributed by atoms with van der Waals surface area (Å²) < 4.78 is 22.8. The zero-order valence-electron chi connectivity index (χ0n) is 6.71. The normalized spacial score (nSPS) is 5.83. The average molecular weight is 131 g/mol. The third kappa shape index (κ3) is 36.4. The molecule has 0 rings (SSSR count). The molecule has 6 heteroatoms. The maximum atomic E-state index is 8.67. The van der Waals surface area contributed by atoms with Crippen LogP contribution in [-0.4, -0.2) is 13.3 Å². The Morgan fingerprint density at radius 1 is 1.50 bits per heavy atom. The van der Waals surface area contributed by atoms with Crippen LogP contribution in [0.4, 0.5) is 0 Å². The van der Waals surface area contributed by atoms with E-state index in [4.69, 9.17) is 13.3 Å². The largest absolute Gasteiger partial charge is 1.00 e. The topological polar surface area (TPSA) is 57.5 Å². The molecule has 0 aliphatic carbocycles. The van der Waals surface area contributed by atoms with Gasteiger partial charge in [-0.25, -0.2) is 0 Å². The monoisotopic (exact) mass is 131 g/mol. The van der Waals surface area contributed by atoms with Crippen molar-refractivity contribution in [3.63, 3.8) is 0 Å². The van der Waals surface area contributed by atoms with Crippen LogP contribution >= 0.6 is 0 Å². The molecule has 0 aromatic heterocycles. The van der Waals surface area contributed by atoms with Crippen LogP contribution in [0.25, 0.3) is 0 Å². The van der Waals surface area contributed by atoms with E-state index in [1.54, 1.807) is 0 Å². The molecule has 0 unspecified atom stereocenters. The molecule has 2 N–H and O–H groups in total. The fraction of sp³-hybridized carbons (Fsp3) is 0. The SMILES string of the molecule is O=S(O)O.[H+].[H-].[H-].[Na+].[Na+]. The van der Waals surface area contributed by atoms with Crippen molar-refractivity contribution in [3.8, 4) is 0 Å². The van der Waals surface area contributed by atoms with Gasteiger partial charge >= 0.3 is 60.5 Å². The van der Waals surface area contributed by atoms with Crippen molar-refractivity contribution in [2.24, 2.45) is 0 Å². The summed E-state index contributed by atoms with van der Waals surface area (Å²) in [6, 6.07) is 0. The van der Waals surface area contributed by atoms with Crippen LogP contribution in [0.3, 0.4) is 0 Å². The molecule has 0 heterocycles. The Labute approximate surface area is 87.0 Å². The number of rotatable bonds is 0. The second kappa shape index (κ2) is 10.1. The van der Waals surface area contributed by atoms with E-state index in [0.717, 1.165) is 0 Å². The van der Waals surface area contributed by atoms with E-state index in [-0.39, 0.29) is 63.4 Å². The maximum absolute atomic E-state index is 8.67. The minimum Gasteiger partial charge on any atom is -1.00 e. The van der Waals surface area contributed by atoms with Crippen LogP contribution in [0.15, 0.2) is 0 Å². The molecule has 0 fully saturated rings. The first kappa shape index (κ1) is 15.7. The molecule has 0 atom stereocenters. The molecule has 3 nitrogen and oxygen atoms in total. The summed E-state index contributed by atoms with van der Waals surface area (Å²) in [5, 5.41) is 0. The summed E-state index contributed by atoms with van der Waals surface area (Å²) in [6.45, 7) is 0. The molecule has 0 radical (unpaired) electrons. The van der Waals surface area contributed by atoms with Crippen LogP contribution in [0, 0.1) is 0 Å². The molecule has 0 aromatic carbocycles. The van der Waals surface area contributed by atoms with Gasteiger partial charge in [-0.3, -0.25) is 9.11 Å². The first-order chi connectivity index (χ1) is 1.73. The summed E-state index contributed by atoms with van der Waals surface area (Å²) in [7, 11) is 0. The average Bonchev–Trinajstić information content (AvgIpc) is 0.811. The van der Waals surface area contributed by atoms with Crippen molar-refractivity contribution in [2.75, 3.05) is 0 Å². The molecule has 0 spiro atoms. The van der Waals surface area contributed by atoms with Gasteiger partial charge in [0.2, 0.25) is 0 Å². The maximum Gasteiger partial charge on any atom is 1.00 e. The van der Waals surface area contributed by atoms with Crippen molar-refractivity contribution < 1.29 is 76.7 Å². The first-order valence-corrected chi connectivity index (χ1v) is 1.60. The molecular formula is H5Na2O3S+. The number of hydrogen-bond donors (Lipinski definition) is 2. The quantitative estimate of drug-likeness (QED) is 0.254. The third-order valence-corrected chi connectivity index (χ3v) is 0. The van der Waals surface area contributed by atoms with E-state index >= 15 is 0 Å². The minimum atomic E-state index is -2.61. The first-order valence-electron chi connectivity index (χ1n) is 0.532. The standard InChI is InChI=1S/2Na.H2O3S.2H/c;;1-4(2)3;;/h;;(H2,1,2,3);;/q2*+1;;2*-1/p+1. The van der Waals surface area contributed by atoms with E-state index in [1.807, 2.05) is 0 Å². The zero-order valence-corrected chi connectivity index (χ0v) is 8.53. The van der Waals surface area contributed by atoms with Gasteiger partial charge in [-0.1, -0.05) is 0 Å². The van der Waals surface area contributed by atoms with Crippen LogP contribution in [0.5, 0.6) is 0 Å². The van der Waals surface area contributed by atoms with Crippen molar-refractivity contribution in [3.05, 3.63) is 0 Å². The molecule has 0 aliphatic rings. The molecule has 6 heavy (non-hydrogen) atoms. The van der Waals surface area contributed by atoms with E-state index in [0.29, 0.717) is 0 Å². The third-order valence-electron chi connectivity index (χ3n) is 0. The Bertz CT molecular complexity index is 40.0. The van der Waals surface area contributed by atoms with Gasteiger partial charge in [0.25, 0.3) is 11.4 Å². The van der Waals surface area contributed by atoms with E-state index < -0.39 is 11.4 Å². The van der Waals surface area contributed by atoms with Crippen LogP contribution < -0.4 is 59.1 Å². The van der Waals surface area contributed by atoms with Crippen LogP contribution in [0.2, 0.25) is 0 Å². The molecule has 0 aliphatic heterocycles. The van der Waals surface area contributed by atoms with Gasteiger partial charge in [0.1, 0.15) is 0 Å². The minimum absolute atomic E-state index is 0. The predicted octanol–water partition coefficient (Wildman–Crippen LogP) is -5.97. The van der Waals surface area contributed by atoms with Gasteiger partial charge in [-0.05, 0) is 0 Å². The summed E-state index contributed by atoms with van der Waals surface area (Å²) in [5.74, 6) is 0. The fourth-order valence-electron chi connectivity index (χ4n) is 0. The van der Waals surface area contributed by atoms with E-state index in [9.17, 15) is 0 Å². The fourth-order valence-corrected chi connectivity index (χ4v) is 0. The molecule has 0 amide bonds. The summed E-state index contributed by atoms with van der Waals surface area (Å²) >= 11 is -2.61. The Hall–Kier alpha value is 2.07. The smallest absolute Gasteiger partial charge is 1.00 e. The second-order valence-corrected chi connectivity index (χ2v) is 0.692. The Morgan fingerprint density at radius 2 is 1.50 bits per heavy atom. The number of hydrogen-bond acceptors (Lipinski definition) is 1. The van der Waals surface area contributed by atoms with Crippen molar-refractivity contribution in [2.45, 2.75) is 0 Å². The molecule has 0 bridgehead atoms. The molecule has 30 valence electrons. The van der Waals surface area contributed by atoms with Gasteiger partial charge < -0.3 is 2.85 Å². The summed E-state index contributed by atoms with van der Waals surface area (Å²) in [6.07, 6.45) is 0. The van der Waals surface area contributed by atoms with E-state index in [2.05, 4.69) is 0 Å². The predicted molar refractivity (Wildman–Crippen MR) is 16.7 cm³/mol. The van der Waals surface area contributed by atoms with Gasteiger partial charge in [-0.2, -0.15) is 4.21 Å². The van der Waals surface area contributed by atoms with Crippen LogP contribution in [-0.2, 0) is 11.4 Å². The molecule has 0 saturated carbocycles. The van der Waals surface area contributed by atoms with Crippen LogP contribution in [0.1, 0.15) is 4.28 Å². The zero-order chi connectivity index (χ0) is 3.58. The molecule has 0 saturated heterocycles. The molecule has 0 aromatic rings. The Kier molecular flexibility index (Phi) is 26.5.